The van der Waals surface area contributed by atoms with Crippen molar-refractivity contribution in [2.45, 2.75) is 30.3 Å². The molecule has 6 nitrogen and oxygen atoms in total. The zero-order chi connectivity index (χ0) is 14.9. The molecule has 1 aliphatic carbocycles. The van der Waals surface area contributed by atoms with Crippen molar-refractivity contribution in [2.75, 3.05) is 4.72 Å². The van der Waals surface area contributed by atoms with Crippen molar-refractivity contribution in [3.8, 4) is 0 Å². The average molecular weight is 310 g/mol. The molecule has 0 radical (unpaired) electrons. The van der Waals surface area contributed by atoms with Crippen LogP contribution >= 0.6 is 0 Å². The Balaban J connectivity index is 1.77. The van der Waals surface area contributed by atoms with Crippen LogP contribution in [0.1, 0.15) is 18.4 Å². The minimum Gasteiger partial charge on any atom is -0.310 e. The van der Waals surface area contributed by atoms with E-state index in [2.05, 4.69) is 20.2 Å². The lowest BCUT2D eigenvalue weighted by atomic mass is 10.2. The Morgan fingerprint density at radius 1 is 1.38 bits per heavy atom. The Kier molecular flexibility index (Phi) is 3.64. The summed E-state index contributed by atoms with van der Waals surface area (Å²) in [7, 11) is -3.96. The average Bonchev–Trinajstić information content (AvgIpc) is 3.13. The first-order valence-electron chi connectivity index (χ1n) is 6.58. The van der Waals surface area contributed by atoms with Crippen molar-refractivity contribution in [2.24, 2.45) is 0 Å². The molecule has 21 heavy (non-hydrogen) atoms. The Bertz CT molecular complexity index is 727. The summed E-state index contributed by atoms with van der Waals surface area (Å²) in [6.07, 6.45) is 4.97. The first-order chi connectivity index (χ1) is 10.0. The molecule has 1 aliphatic rings. The predicted octanol–water partition coefficient (Wildman–Crippen LogP) is 1.60. The van der Waals surface area contributed by atoms with Crippen LogP contribution in [0, 0.1) is 5.82 Å². The number of aromatic amines is 1. The van der Waals surface area contributed by atoms with Gasteiger partial charge in [-0.1, -0.05) is 6.07 Å². The van der Waals surface area contributed by atoms with Gasteiger partial charge in [-0.25, -0.2) is 12.8 Å². The summed E-state index contributed by atoms with van der Waals surface area (Å²) in [6, 6.07) is 4.66. The van der Waals surface area contributed by atoms with E-state index in [0.29, 0.717) is 12.6 Å². The highest BCUT2D eigenvalue weighted by molar-refractivity contribution is 7.92. The molecule has 1 aromatic heterocycles. The van der Waals surface area contributed by atoms with Gasteiger partial charge in [0.15, 0.2) is 0 Å². The number of anilines is 1. The van der Waals surface area contributed by atoms with Crippen LogP contribution in [0.15, 0.2) is 35.5 Å². The Hall–Kier alpha value is -1.93. The molecule has 0 saturated heterocycles. The number of hydrogen-bond donors (Lipinski definition) is 3. The second-order valence-electron chi connectivity index (χ2n) is 5.01. The summed E-state index contributed by atoms with van der Waals surface area (Å²) in [6.45, 7) is 0.539. The van der Waals surface area contributed by atoms with Crippen LogP contribution in [0.5, 0.6) is 0 Å². The Morgan fingerprint density at radius 2 is 2.19 bits per heavy atom. The van der Waals surface area contributed by atoms with Gasteiger partial charge in [0.2, 0.25) is 0 Å². The van der Waals surface area contributed by atoms with Crippen LogP contribution in [0.4, 0.5) is 10.1 Å². The van der Waals surface area contributed by atoms with Gasteiger partial charge in [-0.15, -0.1) is 0 Å². The van der Waals surface area contributed by atoms with Gasteiger partial charge in [-0.05, 0) is 30.5 Å². The van der Waals surface area contributed by atoms with Gasteiger partial charge in [0.25, 0.3) is 10.0 Å². The van der Waals surface area contributed by atoms with Gasteiger partial charge < -0.3 is 5.32 Å². The summed E-state index contributed by atoms with van der Waals surface area (Å²) >= 11 is 0. The number of H-pyrrole nitrogens is 1. The number of hydrogen-bond acceptors (Lipinski definition) is 4. The zero-order valence-corrected chi connectivity index (χ0v) is 12.0. The Labute approximate surface area is 121 Å². The number of sulfonamides is 1. The monoisotopic (exact) mass is 310 g/mol. The molecule has 0 aliphatic heterocycles. The van der Waals surface area contributed by atoms with Crippen molar-refractivity contribution >= 4 is 15.7 Å². The molecule has 0 unspecified atom stereocenters. The number of benzene rings is 1. The normalized spacial score (nSPS) is 15.1. The third-order valence-electron chi connectivity index (χ3n) is 3.21. The number of halogens is 1. The molecular weight excluding hydrogens is 295 g/mol. The summed E-state index contributed by atoms with van der Waals surface area (Å²) in [5.74, 6) is -0.763. The van der Waals surface area contributed by atoms with Crippen molar-refractivity contribution in [3.05, 3.63) is 42.0 Å². The Morgan fingerprint density at radius 3 is 2.81 bits per heavy atom. The molecule has 0 atom stereocenters. The SMILES string of the molecule is O=S(=O)(Nc1cn[nH]c1)c1ccc(CNC2CC2)cc1F. The lowest BCUT2D eigenvalue weighted by Crippen LogP contribution is -2.17. The lowest BCUT2D eigenvalue weighted by Gasteiger charge is -2.09. The first-order valence-corrected chi connectivity index (χ1v) is 8.06. The third-order valence-corrected chi connectivity index (χ3v) is 4.62. The standard InChI is InChI=1S/C13H15FN4O2S/c14-12-5-9(6-15-10-2-3-10)1-4-13(12)21(19,20)18-11-7-16-17-8-11/h1,4-5,7-8,10,15,18H,2-3,6H2,(H,16,17). The van der Waals surface area contributed by atoms with Gasteiger partial charge in [-0.3, -0.25) is 9.82 Å². The topological polar surface area (TPSA) is 86.9 Å². The van der Waals surface area contributed by atoms with E-state index >= 15 is 0 Å². The highest BCUT2D eigenvalue weighted by Gasteiger charge is 2.22. The molecule has 1 saturated carbocycles. The van der Waals surface area contributed by atoms with Gasteiger partial charge in [0.1, 0.15) is 10.7 Å². The molecule has 1 aromatic carbocycles. The van der Waals surface area contributed by atoms with E-state index in [4.69, 9.17) is 0 Å². The molecule has 8 heteroatoms. The van der Waals surface area contributed by atoms with E-state index in [9.17, 15) is 12.8 Å². The van der Waals surface area contributed by atoms with Crippen LogP contribution in [0.3, 0.4) is 0 Å². The first kappa shape index (κ1) is 14.0. The molecule has 2 aromatic rings. The molecular formula is C13H15FN4O2S. The van der Waals surface area contributed by atoms with Crippen LogP contribution in [-0.2, 0) is 16.6 Å². The van der Waals surface area contributed by atoms with E-state index in [0.717, 1.165) is 18.4 Å². The molecule has 0 spiro atoms. The van der Waals surface area contributed by atoms with E-state index in [1.807, 2.05) is 0 Å². The summed E-state index contributed by atoms with van der Waals surface area (Å²) < 4.78 is 40.5. The van der Waals surface area contributed by atoms with Gasteiger partial charge >= 0.3 is 0 Å². The summed E-state index contributed by atoms with van der Waals surface area (Å²) in [4.78, 5) is -0.376. The largest absolute Gasteiger partial charge is 0.310 e. The third kappa shape index (κ3) is 3.40. The van der Waals surface area contributed by atoms with Crippen molar-refractivity contribution in [1.82, 2.24) is 15.5 Å². The van der Waals surface area contributed by atoms with E-state index in [1.54, 1.807) is 6.07 Å². The molecule has 1 heterocycles. The van der Waals surface area contributed by atoms with Gasteiger partial charge in [-0.2, -0.15) is 5.10 Å². The van der Waals surface area contributed by atoms with E-state index in [1.165, 1.54) is 24.5 Å². The minimum absolute atomic E-state index is 0.258. The van der Waals surface area contributed by atoms with Gasteiger partial charge in [0, 0.05) is 18.8 Å². The molecule has 0 bridgehead atoms. The van der Waals surface area contributed by atoms with E-state index < -0.39 is 15.8 Å². The lowest BCUT2D eigenvalue weighted by molar-refractivity contribution is 0.567. The number of nitrogens with zero attached hydrogens (tertiary/aromatic N) is 1. The fourth-order valence-corrected chi connectivity index (χ4v) is 3.03. The van der Waals surface area contributed by atoms with Crippen LogP contribution in [0.25, 0.3) is 0 Å². The van der Waals surface area contributed by atoms with Crippen LogP contribution < -0.4 is 10.0 Å². The second kappa shape index (κ2) is 5.45. The minimum atomic E-state index is -3.96. The second-order valence-corrected chi connectivity index (χ2v) is 6.66. The molecule has 112 valence electrons. The summed E-state index contributed by atoms with van der Waals surface area (Å²) in [5, 5.41) is 9.36. The maximum atomic E-state index is 14.0. The maximum absolute atomic E-state index is 14.0. The predicted molar refractivity (Wildman–Crippen MR) is 75.7 cm³/mol. The highest BCUT2D eigenvalue weighted by Crippen LogP contribution is 2.21. The van der Waals surface area contributed by atoms with E-state index in [-0.39, 0.29) is 10.6 Å². The number of rotatable bonds is 6. The fourth-order valence-electron chi connectivity index (χ4n) is 1.94. The highest BCUT2D eigenvalue weighted by atomic mass is 32.2. The molecule has 3 N–H and O–H groups in total. The smallest absolute Gasteiger partial charge is 0.264 e. The number of aromatic nitrogens is 2. The molecule has 1 fully saturated rings. The molecule has 3 rings (SSSR count). The van der Waals surface area contributed by atoms with Crippen molar-refractivity contribution in [3.63, 3.8) is 0 Å². The van der Waals surface area contributed by atoms with Crippen molar-refractivity contribution in [1.29, 1.82) is 0 Å². The van der Waals surface area contributed by atoms with Gasteiger partial charge in [0.05, 0.1) is 11.9 Å². The fraction of sp³-hybridized carbons (Fsp3) is 0.308. The maximum Gasteiger partial charge on any atom is 0.264 e. The van der Waals surface area contributed by atoms with Crippen LogP contribution in [-0.4, -0.2) is 24.7 Å². The quantitative estimate of drug-likeness (QED) is 0.756. The van der Waals surface area contributed by atoms with Crippen LogP contribution in [0.2, 0.25) is 0 Å². The molecule has 0 amide bonds. The zero-order valence-electron chi connectivity index (χ0n) is 11.1. The van der Waals surface area contributed by atoms with Crippen molar-refractivity contribution < 1.29 is 12.8 Å². The number of nitrogens with one attached hydrogen (secondary N) is 3. The summed E-state index contributed by atoms with van der Waals surface area (Å²) in [5.41, 5.74) is 0.982.